The molecule has 0 aliphatic heterocycles. The first-order valence-electron chi connectivity index (χ1n) is 5.86. The van der Waals surface area contributed by atoms with E-state index in [2.05, 4.69) is 5.10 Å². The van der Waals surface area contributed by atoms with Crippen molar-refractivity contribution >= 4 is 5.69 Å². The van der Waals surface area contributed by atoms with Crippen molar-refractivity contribution in [2.45, 2.75) is 20.4 Å². The summed E-state index contributed by atoms with van der Waals surface area (Å²) in [6.07, 6.45) is 0. The molecule has 0 amide bonds. The van der Waals surface area contributed by atoms with Gasteiger partial charge in [-0.05, 0) is 31.5 Å². The Bertz CT molecular complexity index is 602. The van der Waals surface area contributed by atoms with Gasteiger partial charge in [0.1, 0.15) is 17.1 Å². The first kappa shape index (κ1) is 13.1. The molecule has 1 aromatic carbocycles. The van der Waals surface area contributed by atoms with E-state index in [-0.39, 0.29) is 10.6 Å². The van der Waals surface area contributed by atoms with Crippen LogP contribution in [0.3, 0.4) is 0 Å². The Balaban J connectivity index is 2.28. The summed E-state index contributed by atoms with van der Waals surface area (Å²) in [6.45, 7) is 3.97. The topological polar surface area (TPSA) is 67.4 Å². The average Bonchev–Trinajstić information content (AvgIpc) is 2.65. The molecule has 0 atom stereocenters. The van der Waals surface area contributed by atoms with Gasteiger partial charge in [0, 0.05) is 0 Å². The lowest BCUT2D eigenvalue weighted by Crippen LogP contribution is -2.04. The number of methoxy groups -OCH3 is 1. The highest BCUT2D eigenvalue weighted by Crippen LogP contribution is 2.22. The van der Waals surface area contributed by atoms with Gasteiger partial charge in [0.25, 0.3) is 4.92 Å². The number of rotatable bonds is 4. The molecule has 2 aromatic rings. The largest absolute Gasteiger partial charge is 0.497 e. The van der Waals surface area contributed by atoms with Gasteiger partial charge >= 0.3 is 5.69 Å². The van der Waals surface area contributed by atoms with Crippen LogP contribution in [0.15, 0.2) is 24.3 Å². The van der Waals surface area contributed by atoms with Gasteiger partial charge in [-0.3, -0.25) is 4.68 Å². The van der Waals surface area contributed by atoms with Crippen LogP contribution in [0.4, 0.5) is 5.69 Å². The zero-order valence-corrected chi connectivity index (χ0v) is 11.1. The number of aryl methyl sites for hydroxylation is 1. The molecule has 19 heavy (non-hydrogen) atoms. The fourth-order valence-electron chi connectivity index (χ4n) is 2.02. The molecule has 0 bridgehead atoms. The lowest BCUT2D eigenvalue weighted by Gasteiger charge is -2.05. The monoisotopic (exact) mass is 262 g/mol. The number of hydrogen-bond donors (Lipinski definition) is 1. The highest BCUT2D eigenvalue weighted by Gasteiger charge is 2.26. The number of benzene rings is 1. The summed E-state index contributed by atoms with van der Waals surface area (Å²) in [5.41, 5.74) is 2.37. The van der Waals surface area contributed by atoms with E-state index in [9.17, 15) is 4.91 Å². The predicted molar refractivity (Wildman–Crippen MR) is 68.9 cm³/mol. The molecule has 0 radical (unpaired) electrons. The fraction of sp³-hybridized carbons (Fsp3) is 0.308. The Morgan fingerprint density at radius 1 is 1.32 bits per heavy atom. The SMILES string of the molecule is COc1ccc(Cn2nc(C)c([N+](=O)O)c2C)cc1. The number of hydrogen-bond acceptors (Lipinski definition) is 3. The van der Waals surface area contributed by atoms with Crippen molar-refractivity contribution in [1.29, 1.82) is 0 Å². The Morgan fingerprint density at radius 2 is 1.95 bits per heavy atom. The molecule has 0 unspecified atom stereocenters. The molecule has 1 N–H and O–H groups in total. The summed E-state index contributed by atoms with van der Waals surface area (Å²) in [6, 6.07) is 7.60. The minimum absolute atomic E-state index is 0.137. The summed E-state index contributed by atoms with van der Waals surface area (Å²) in [5, 5.41) is 13.3. The number of ether oxygens (including phenoxy) is 1. The summed E-state index contributed by atoms with van der Waals surface area (Å²) in [5.74, 6) is 0.791. The van der Waals surface area contributed by atoms with Crippen LogP contribution < -0.4 is 4.74 Å². The third-order valence-electron chi connectivity index (χ3n) is 3.03. The minimum atomic E-state index is -0.137. The molecule has 0 saturated heterocycles. The molecule has 1 aromatic heterocycles. The van der Waals surface area contributed by atoms with Gasteiger partial charge in [0.15, 0.2) is 0 Å². The van der Waals surface area contributed by atoms with E-state index in [0.29, 0.717) is 17.9 Å². The van der Waals surface area contributed by atoms with Gasteiger partial charge in [-0.1, -0.05) is 12.1 Å². The van der Waals surface area contributed by atoms with E-state index in [1.54, 1.807) is 25.6 Å². The maximum atomic E-state index is 11.0. The zero-order valence-electron chi connectivity index (χ0n) is 11.1. The Kier molecular flexibility index (Phi) is 3.50. The first-order valence-corrected chi connectivity index (χ1v) is 5.86. The second-order valence-electron chi connectivity index (χ2n) is 4.30. The van der Waals surface area contributed by atoms with Crippen LogP contribution >= 0.6 is 0 Å². The first-order chi connectivity index (χ1) is 9.02. The molecule has 6 heteroatoms. The van der Waals surface area contributed by atoms with Crippen LogP contribution in [0, 0.1) is 18.8 Å². The van der Waals surface area contributed by atoms with Gasteiger partial charge in [-0.25, -0.2) is 5.21 Å². The predicted octanol–water partition coefficient (Wildman–Crippen LogP) is 2.36. The van der Waals surface area contributed by atoms with Crippen LogP contribution in [0.25, 0.3) is 0 Å². The molecule has 100 valence electrons. The zero-order chi connectivity index (χ0) is 14.0. The van der Waals surface area contributed by atoms with E-state index in [1.165, 1.54) is 0 Å². The number of aromatic nitrogens is 2. The molecule has 2 rings (SSSR count). The maximum absolute atomic E-state index is 11.0. The lowest BCUT2D eigenvalue weighted by atomic mass is 10.2. The number of nitrogens with zero attached hydrogens (tertiary/aromatic N) is 3. The average molecular weight is 262 g/mol. The second kappa shape index (κ2) is 5.09. The molecule has 0 fully saturated rings. The Morgan fingerprint density at radius 3 is 2.42 bits per heavy atom. The van der Waals surface area contributed by atoms with Crippen molar-refractivity contribution in [2.24, 2.45) is 0 Å². The van der Waals surface area contributed by atoms with Crippen molar-refractivity contribution in [3.8, 4) is 5.75 Å². The van der Waals surface area contributed by atoms with Gasteiger partial charge in [0.2, 0.25) is 0 Å². The molecule has 6 nitrogen and oxygen atoms in total. The Hall–Kier alpha value is -2.37. The highest BCUT2D eigenvalue weighted by molar-refractivity contribution is 5.39. The molecule has 0 spiro atoms. The van der Waals surface area contributed by atoms with Crippen LogP contribution in [0.2, 0.25) is 0 Å². The van der Waals surface area contributed by atoms with Crippen molar-refractivity contribution in [2.75, 3.05) is 7.11 Å². The molecule has 0 saturated carbocycles. The molecular formula is C13H16N3O3+. The second-order valence-corrected chi connectivity index (χ2v) is 4.30. The van der Waals surface area contributed by atoms with Crippen LogP contribution in [0.1, 0.15) is 17.0 Å². The van der Waals surface area contributed by atoms with Gasteiger partial charge < -0.3 is 4.74 Å². The third kappa shape index (κ3) is 2.57. The van der Waals surface area contributed by atoms with Crippen molar-refractivity contribution in [1.82, 2.24) is 9.78 Å². The molecular weight excluding hydrogens is 246 g/mol. The van der Waals surface area contributed by atoms with E-state index >= 15 is 0 Å². The van der Waals surface area contributed by atoms with Crippen LogP contribution in [0.5, 0.6) is 5.75 Å². The van der Waals surface area contributed by atoms with Crippen molar-refractivity contribution in [3.63, 3.8) is 0 Å². The van der Waals surface area contributed by atoms with Crippen molar-refractivity contribution < 1.29 is 14.9 Å². The highest BCUT2D eigenvalue weighted by atomic mass is 16.6. The van der Waals surface area contributed by atoms with E-state index < -0.39 is 0 Å². The standard InChI is InChI=1S/C13H16N3O3/c1-9-13(16(17)18)10(2)15(14-9)8-11-4-6-12(19-3)7-5-11/h4-7H,8H2,1-3H3,(H,17,18)/q+1. The lowest BCUT2D eigenvalue weighted by molar-refractivity contribution is -0.730. The molecule has 0 aliphatic rings. The summed E-state index contributed by atoms with van der Waals surface area (Å²) in [4.78, 5) is 10.9. The normalized spacial score (nSPS) is 10.5. The minimum Gasteiger partial charge on any atom is -0.497 e. The summed E-state index contributed by atoms with van der Waals surface area (Å²) < 4.78 is 6.78. The fourth-order valence-corrected chi connectivity index (χ4v) is 2.02. The smallest absolute Gasteiger partial charge is 0.359 e. The van der Waals surface area contributed by atoms with Crippen LogP contribution in [-0.4, -0.2) is 27.0 Å². The van der Waals surface area contributed by atoms with E-state index in [0.717, 1.165) is 11.3 Å². The van der Waals surface area contributed by atoms with Gasteiger partial charge in [-0.15, -0.1) is 0 Å². The third-order valence-corrected chi connectivity index (χ3v) is 3.03. The summed E-state index contributed by atoms with van der Waals surface area (Å²) in [7, 11) is 1.62. The van der Waals surface area contributed by atoms with E-state index in [4.69, 9.17) is 9.94 Å². The van der Waals surface area contributed by atoms with Gasteiger partial charge in [-0.2, -0.15) is 5.10 Å². The van der Waals surface area contributed by atoms with Crippen LogP contribution in [-0.2, 0) is 6.54 Å². The van der Waals surface area contributed by atoms with Crippen molar-refractivity contribution in [3.05, 3.63) is 46.1 Å². The molecule has 1 heterocycles. The molecule has 0 aliphatic carbocycles. The van der Waals surface area contributed by atoms with E-state index in [1.807, 2.05) is 24.3 Å². The quantitative estimate of drug-likeness (QED) is 0.859. The maximum Gasteiger partial charge on any atom is 0.359 e. The van der Waals surface area contributed by atoms with Gasteiger partial charge in [0.05, 0.1) is 18.6 Å². The Labute approximate surface area is 110 Å². The summed E-state index contributed by atoms with van der Waals surface area (Å²) >= 11 is 0.